The lowest BCUT2D eigenvalue weighted by molar-refractivity contribution is 0.288. The van der Waals surface area contributed by atoms with E-state index in [-0.39, 0.29) is 11.3 Å². The Hall–Kier alpha value is -1.97. The van der Waals surface area contributed by atoms with Crippen molar-refractivity contribution >= 4 is 10.9 Å². The van der Waals surface area contributed by atoms with E-state index in [1.807, 2.05) is 40.7 Å². The molecule has 0 aliphatic carbocycles. The zero-order valence-corrected chi connectivity index (χ0v) is 13.4. The van der Waals surface area contributed by atoms with Crippen LogP contribution in [-0.4, -0.2) is 18.2 Å². The van der Waals surface area contributed by atoms with Gasteiger partial charge in [0.25, 0.3) is 0 Å². The largest absolute Gasteiger partial charge is 0.490 e. The zero-order valence-electron chi connectivity index (χ0n) is 13.4. The highest BCUT2D eigenvalue weighted by Crippen LogP contribution is 2.32. The van der Waals surface area contributed by atoms with Crippen LogP contribution in [0.3, 0.4) is 0 Å². The van der Waals surface area contributed by atoms with E-state index in [9.17, 15) is 4.79 Å². The number of benzene rings is 1. The van der Waals surface area contributed by atoms with Gasteiger partial charge in [-0.3, -0.25) is 4.79 Å². The molecule has 0 atom stereocenters. The maximum absolute atomic E-state index is 12.7. The summed E-state index contributed by atoms with van der Waals surface area (Å²) in [5.74, 6) is 1.47. The van der Waals surface area contributed by atoms with Crippen molar-refractivity contribution in [3.8, 4) is 11.5 Å². The minimum Gasteiger partial charge on any atom is -0.490 e. The van der Waals surface area contributed by atoms with Gasteiger partial charge in [-0.1, -0.05) is 13.8 Å². The predicted octanol–water partition coefficient (Wildman–Crippen LogP) is 3.76. The lowest BCUT2D eigenvalue weighted by Crippen LogP contribution is -2.15. The van der Waals surface area contributed by atoms with Crippen LogP contribution < -0.4 is 14.9 Å². The minimum atomic E-state index is 0.0697. The average Bonchev–Trinajstić information content (AvgIpc) is 2.40. The SMILES string of the molecule is CCOc1cc2[nH]c(C)c(C(C)C)c(=O)c2cc1OCC. The minimum absolute atomic E-state index is 0.0697. The summed E-state index contributed by atoms with van der Waals surface area (Å²) in [5, 5.41) is 0.649. The lowest BCUT2D eigenvalue weighted by atomic mass is 9.99. The van der Waals surface area contributed by atoms with Crippen molar-refractivity contribution in [1.82, 2.24) is 4.98 Å². The number of aromatic amines is 1. The third kappa shape index (κ3) is 2.89. The molecule has 0 bridgehead atoms. The summed E-state index contributed by atoms with van der Waals surface area (Å²) in [7, 11) is 0. The molecule has 114 valence electrons. The molecule has 0 aliphatic heterocycles. The Labute approximate surface area is 125 Å². The first-order valence-electron chi connectivity index (χ1n) is 7.45. The number of nitrogens with one attached hydrogen (secondary N) is 1. The number of fused-ring (bicyclic) bond motifs is 1. The molecule has 0 aliphatic rings. The van der Waals surface area contributed by atoms with Gasteiger partial charge in [0.05, 0.1) is 18.7 Å². The zero-order chi connectivity index (χ0) is 15.6. The molecule has 2 rings (SSSR count). The van der Waals surface area contributed by atoms with Crippen LogP contribution in [0.1, 0.15) is 44.9 Å². The maximum atomic E-state index is 12.7. The van der Waals surface area contributed by atoms with Gasteiger partial charge in [-0.05, 0) is 32.8 Å². The fraction of sp³-hybridized carbons (Fsp3) is 0.471. The van der Waals surface area contributed by atoms with E-state index in [0.717, 1.165) is 16.8 Å². The Morgan fingerprint density at radius 2 is 1.67 bits per heavy atom. The topological polar surface area (TPSA) is 51.3 Å². The van der Waals surface area contributed by atoms with Crippen LogP contribution in [-0.2, 0) is 0 Å². The second-order valence-corrected chi connectivity index (χ2v) is 5.36. The third-order valence-electron chi connectivity index (χ3n) is 3.48. The Balaban J connectivity index is 2.75. The van der Waals surface area contributed by atoms with Gasteiger partial charge in [0, 0.05) is 22.7 Å². The molecule has 2 aromatic rings. The number of hydrogen-bond donors (Lipinski definition) is 1. The number of hydrogen-bond acceptors (Lipinski definition) is 3. The summed E-state index contributed by atoms with van der Waals surface area (Å²) in [5.41, 5.74) is 2.59. The Morgan fingerprint density at radius 3 is 2.19 bits per heavy atom. The highest BCUT2D eigenvalue weighted by molar-refractivity contribution is 5.83. The summed E-state index contributed by atoms with van der Waals surface area (Å²) in [4.78, 5) is 16.0. The Bertz CT molecular complexity index is 701. The molecule has 4 nitrogen and oxygen atoms in total. The van der Waals surface area contributed by atoms with E-state index in [4.69, 9.17) is 9.47 Å². The predicted molar refractivity (Wildman–Crippen MR) is 85.7 cm³/mol. The molecule has 1 aromatic carbocycles. The average molecular weight is 289 g/mol. The summed E-state index contributed by atoms with van der Waals surface area (Å²) in [6, 6.07) is 3.64. The van der Waals surface area contributed by atoms with Crippen molar-refractivity contribution in [2.24, 2.45) is 0 Å². The van der Waals surface area contributed by atoms with Crippen LogP contribution in [0.5, 0.6) is 11.5 Å². The molecule has 0 unspecified atom stereocenters. The van der Waals surface area contributed by atoms with Gasteiger partial charge in [-0.2, -0.15) is 0 Å². The Kier molecular flexibility index (Phi) is 4.56. The molecule has 21 heavy (non-hydrogen) atoms. The van der Waals surface area contributed by atoms with Crippen LogP contribution in [0, 0.1) is 6.92 Å². The van der Waals surface area contributed by atoms with Crippen molar-refractivity contribution in [2.45, 2.75) is 40.5 Å². The molecule has 4 heteroatoms. The van der Waals surface area contributed by atoms with Crippen molar-refractivity contribution in [3.05, 3.63) is 33.6 Å². The molecule has 0 saturated carbocycles. The summed E-state index contributed by atoms with van der Waals surface area (Å²) in [6.45, 7) is 10.9. The molecule has 0 radical (unpaired) electrons. The van der Waals surface area contributed by atoms with Gasteiger partial charge in [-0.25, -0.2) is 0 Å². The second-order valence-electron chi connectivity index (χ2n) is 5.36. The number of H-pyrrole nitrogens is 1. The first-order valence-corrected chi connectivity index (χ1v) is 7.45. The van der Waals surface area contributed by atoms with Gasteiger partial charge in [0.1, 0.15) is 0 Å². The Morgan fingerprint density at radius 1 is 1.10 bits per heavy atom. The third-order valence-corrected chi connectivity index (χ3v) is 3.48. The van der Waals surface area contributed by atoms with Crippen LogP contribution in [0.25, 0.3) is 10.9 Å². The molecule has 0 amide bonds. The van der Waals surface area contributed by atoms with E-state index >= 15 is 0 Å². The molecule has 0 spiro atoms. The quantitative estimate of drug-likeness (QED) is 0.912. The second kappa shape index (κ2) is 6.20. The van der Waals surface area contributed by atoms with Gasteiger partial charge < -0.3 is 14.5 Å². The fourth-order valence-electron chi connectivity index (χ4n) is 2.67. The van der Waals surface area contributed by atoms with E-state index in [1.54, 1.807) is 6.07 Å². The van der Waals surface area contributed by atoms with E-state index in [2.05, 4.69) is 4.98 Å². The standard InChI is InChI=1S/C17H23NO3/c1-6-20-14-8-12-13(9-15(14)21-7-2)18-11(5)16(10(3)4)17(12)19/h8-10H,6-7H2,1-5H3,(H,18,19). The molecule has 0 saturated heterocycles. The summed E-state index contributed by atoms with van der Waals surface area (Å²) < 4.78 is 11.2. The smallest absolute Gasteiger partial charge is 0.193 e. The first-order chi connectivity index (χ1) is 9.99. The van der Waals surface area contributed by atoms with E-state index in [1.165, 1.54) is 0 Å². The summed E-state index contributed by atoms with van der Waals surface area (Å²) >= 11 is 0. The van der Waals surface area contributed by atoms with Crippen molar-refractivity contribution < 1.29 is 9.47 Å². The molecule has 1 heterocycles. The number of ether oxygens (including phenoxy) is 2. The number of aromatic nitrogens is 1. The first kappa shape index (κ1) is 15.4. The van der Waals surface area contributed by atoms with Crippen LogP contribution >= 0.6 is 0 Å². The van der Waals surface area contributed by atoms with Crippen molar-refractivity contribution in [3.63, 3.8) is 0 Å². The lowest BCUT2D eigenvalue weighted by Gasteiger charge is -2.15. The maximum Gasteiger partial charge on any atom is 0.193 e. The molecule has 1 N–H and O–H groups in total. The number of rotatable bonds is 5. The van der Waals surface area contributed by atoms with Crippen LogP contribution in [0.2, 0.25) is 0 Å². The van der Waals surface area contributed by atoms with Gasteiger partial charge >= 0.3 is 0 Å². The van der Waals surface area contributed by atoms with Gasteiger partial charge in [0.15, 0.2) is 16.9 Å². The number of pyridine rings is 1. The highest BCUT2D eigenvalue weighted by atomic mass is 16.5. The summed E-state index contributed by atoms with van der Waals surface area (Å²) in [6.07, 6.45) is 0. The monoisotopic (exact) mass is 289 g/mol. The normalized spacial score (nSPS) is 11.1. The molecule has 1 aromatic heterocycles. The fourth-order valence-corrected chi connectivity index (χ4v) is 2.67. The molecular weight excluding hydrogens is 266 g/mol. The van der Waals surface area contributed by atoms with Gasteiger partial charge in [-0.15, -0.1) is 0 Å². The van der Waals surface area contributed by atoms with E-state index < -0.39 is 0 Å². The van der Waals surface area contributed by atoms with Crippen LogP contribution in [0.4, 0.5) is 0 Å². The highest BCUT2D eigenvalue weighted by Gasteiger charge is 2.15. The van der Waals surface area contributed by atoms with Crippen LogP contribution in [0.15, 0.2) is 16.9 Å². The van der Waals surface area contributed by atoms with Crippen molar-refractivity contribution in [1.29, 1.82) is 0 Å². The number of aryl methyl sites for hydroxylation is 1. The van der Waals surface area contributed by atoms with Crippen molar-refractivity contribution in [2.75, 3.05) is 13.2 Å². The van der Waals surface area contributed by atoms with Gasteiger partial charge in [0.2, 0.25) is 0 Å². The van der Waals surface area contributed by atoms with E-state index in [0.29, 0.717) is 30.1 Å². The molecular formula is C17H23NO3. The molecule has 0 fully saturated rings.